The van der Waals surface area contributed by atoms with Crippen molar-refractivity contribution in [3.63, 3.8) is 0 Å². The van der Waals surface area contributed by atoms with Crippen molar-refractivity contribution in [1.29, 1.82) is 0 Å². The Morgan fingerprint density at radius 3 is 2.33 bits per heavy atom. The van der Waals surface area contributed by atoms with E-state index in [1.165, 1.54) is 12.8 Å². The Morgan fingerprint density at radius 1 is 1.27 bits per heavy atom. The average molecular weight is 211 g/mol. The van der Waals surface area contributed by atoms with Gasteiger partial charge in [-0.05, 0) is 40.3 Å². The van der Waals surface area contributed by atoms with Gasteiger partial charge in [0.15, 0.2) is 0 Å². The van der Waals surface area contributed by atoms with Gasteiger partial charge in [-0.2, -0.15) is 0 Å². The fraction of sp³-hybridized carbons (Fsp3) is 0.900. The predicted molar refractivity (Wildman–Crippen MR) is 60.7 cm³/mol. The third-order valence-electron chi connectivity index (χ3n) is 3.71. The van der Waals surface area contributed by atoms with E-state index >= 15 is 0 Å². The summed E-state index contributed by atoms with van der Waals surface area (Å²) in [5.74, 6) is 1.04. The molecule has 0 radical (unpaired) electrons. The van der Waals surface area contributed by atoms with E-state index in [1.54, 1.807) is 0 Å². The van der Waals surface area contributed by atoms with Crippen molar-refractivity contribution in [2.24, 2.45) is 5.10 Å². The molecule has 1 unspecified atom stereocenters. The van der Waals surface area contributed by atoms with E-state index in [0.29, 0.717) is 0 Å². The lowest BCUT2D eigenvalue weighted by Crippen LogP contribution is -2.61. The molecule has 0 bridgehead atoms. The first-order valence-electron chi connectivity index (χ1n) is 5.51. The Balaban J connectivity index is 2.24. The molecule has 1 fully saturated rings. The van der Waals surface area contributed by atoms with Gasteiger partial charge in [0.1, 0.15) is 11.5 Å². The Bertz CT molecular complexity index is 290. The van der Waals surface area contributed by atoms with Gasteiger partial charge in [-0.1, -0.05) is 5.12 Å². The van der Waals surface area contributed by atoms with Gasteiger partial charge in [-0.15, -0.1) is 5.10 Å². The summed E-state index contributed by atoms with van der Waals surface area (Å²) in [6.45, 7) is 5.48. The molecule has 0 aromatic rings. The summed E-state index contributed by atoms with van der Waals surface area (Å²) in [6, 6.07) is 0. The fourth-order valence-corrected chi connectivity index (χ4v) is 2.62. The van der Waals surface area contributed by atoms with E-state index in [0.717, 1.165) is 12.4 Å². The number of hydrogen-bond donors (Lipinski definition) is 0. The zero-order valence-corrected chi connectivity index (χ0v) is 10.4. The number of hydrazone groups is 1. The number of hydrogen-bond acceptors (Lipinski definition) is 5. The second kappa shape index (κ2) is 3.35. The molecule has 5 heteroatoms. The first-order valence-corrected chi connectivity index (χ1v) is 5.51. The molecule has 0 N–H and O–H groups in total. The van der Waals surface area contributed by atoms with E-state index in [1.807, 2.05) is 19.1 Å². The maximum Gasteiger partial charge on any atom is 0.139 e. The van der Waals surface area contributed by atoms with Crippen molar-refractivity contribution in [3.8, 4) is 0 Å². The second-order valence-electron chi connectivity index (χ2n) is 4.69. The zero-order valence-electron chi connectivity index (χ0n) is 10.4. The van der Waals surface area contributed by atoms with Crippen LogP contribution in [0.15, 0.2) is 5.10 Å². The molecular formula is C10H21N5. The fourth-order valence-electron chi connectivity index (χ4n) is 2.62. The van der Waals surface area contributed by atoms with Crippen LogP contribution in [0.25, 0.3) is 0 Å². The summed E-state index contributed by atoms with van der Waals surface area (Å²) in [5.41, 5.74) is 0.0603. The highest BCUT2D eigenvalue weighted by molar-refractivity contribution is 5.79. The first kappa shape index (κ1) is 10.7. The van der Waals surface area contributed by atoms with Gasteiger partial charge in [-0.25, -0.2) is 5.12 Å². The number of hydrazine groups is 2. The second-order valence-corrected chi connectivity index (χ2v) is 4.69. The molecule has 1 atom stereocenters. The highest BCUT2D eigenvalue weighted by Gasteiger charge is 2.46. The third kappa shape index (κ3) is 1.41. The Kier molecular flexibility index (Phi) is 2.39. The molecule has 0 spiro atoms. The van der Waals surface area contributed by atoms with Gasteiger partial charge in [0.05, 0.1) is 0 Å². The summed E-state index contributed by atoms with van der Waals surface area (Å²) in [4.78, 5) is 2.40. The van der Waals surface area contributed by atoms with Crippen LogP contribution in [0.4, 0.5) is 0 Å². The molecule has 0 aliphatic carbocycles. The van der Waals surface area contributed by atoms with Crippen LogP contribution < -0.4 is 0 Å². The molecule has 5 nitrogen and oxygen atoms in total. The van der Waals surface area contributed by atoms with Gasteiger partial charge >= 0.3 is 0 Å². The average Bonchev–Trinajstić information content (AvgIpc) is 2.58. The number of rotatable bonds is 1. The molecule has 86 valence electrons. The molecule has 0 amide bonds. The molecular weight excluding hydrogens is 190 g/mol. The maximum absolute atomic E-state index is 4.45. The number of nitrogens with zero attached hydrogens (tertiary/aromatic N) is 5. The molecule has 15 heavy (non-hydrogen) atoms. The van der Waals surface area contributed by atoms with Crippen molar-refractivity contribution < 1.29 is 0 Å². The van der Waals surface area contributed by atoms with E-state index in [-0.39, 0.29) is 5.66 Å². The summed E-state index contributed by atoms with van der Waals surface area (Å²) in [5, 5.41) is 10.8. The van der Waals surface area contributed by atoms with Crippen LogP contribution in [0.1, 0.15) is 26.7 Å². The largest absolute Gasteiger partial charge is 0.286 e. The lowest BCUT2D eigenvalue weighted by Gasteiger charge is -2.45. The summed E-state index contributed by atoms with van der Waals surface area (Å²) in [7, 11) is 6.26. The minimum absolute atomic E-state index is 0.0603. The standard InChI is InChI=1S/C10H21N5/c1-9-11-14(5)15(13(9)4)10(2)7-6-8-12(10)3/h6-8H2,1-5H3. The lowest BCUT2D eigenvalue weighted by molar-refractivity contribution is -0.210. The minimum Gasteiger partial charge on any atom is -0.286 e. The quantitative estimate of drug-likeness (QED) is 0.640. The topological polar surface area (TPSA) is 25.3 Å². The summed E-state index contributed by atoms with van der Waals surface area (Å²) >= 11 is 0. The van der Waals surface area contributed by atoms with Gasteiger partial charge in [0.2, 0.25) is 0 Å². The van der Waals surface area contributed by atoms with Crippen LogP contribution in [0.3, 0.4) is 0 Å². The van der Waals surface area contributed by atoms with E-state index in [9.17, 15) is 0 Å². The van der Waals surface area contributed by atoms with Gasteiger partial charge in [0.25, 0.3) is 0 Å². The van der Waals surface area contributed by atoms with E-state index in [4.69, 9.17) is 0 Å². The van der Waals surface area contributed by atoms with Crippen LogP contribution in [0, 0.1) is 0 Å². The molecule has 1 saturated heterocycles. The summed E-state index contributed by atoms with van der Waals surface area (Å²) in [6.07, 6.45) is 2.44. The van der Waals surface area contributed by atoms with E-state index in [2.05, 4.69) is 41.1 Å². The van der Waals surface area contributed by atoms with Gasteiger partial charge < -0.3 is 0 Å². The predicted octanol–water partition coefficient (Wildman–Crippen LogP) is 0.771. The van der Waals surface area contributed by atoms with Crippen LogP contribution in [0.2, 0.25) is 0 Å². The van der Waals surface area contributed by atoms with Crippen LogP contribution in [-0.2, 0) is 0 Å². The SMILES string of the molecule is CC1=NN(C)N(C2(C)CCCN2C)N1C. The minimum atomic E-state index is 0.0603. The molecule has 2 aliphatic rings. The first-order chi connectivity index (χ1) is 6.97. The monoisotopic (exact) mass is 211 g/mol. The molecule has 2 rings (SSSR count). The third-order valence-corrected chi connectivity index (χ3v) is 3.71. The molecule has 0 saturated carbocycles. The highest BCUT2D eigenvalue weighted by atomic mass is 16.0. The van der Waals surface area contributed by atoms with Crippen LogP contribution >= 0.6 is 0 Å². The van der Waals surface area contributed by atoms with Gasteiger partial charge in [0, 0.05) is 14.1 Å². The van der Waals surface area contributed by atoms with E-state index < -0.39 is 0 Å². The number of amidine groups is 1. The van der Waals surface area contributed by atoms with Gasteiger partial charge in [-0.3, -0.25) is 9.91 Å². The Labute approximate surface area is 91.9 Å². The van der Waals surface area contributed by atoms with Crippen molar-refractivity contribution in [2.45, 2.75) is 32.4 Å². The number of likely N-dealkylation sites (tertiary alicyclic amines) is 1. The molecule has 2 aliphatic heterocycles. The lowest BCUT2D eigenvalue weighted by atomic mass is 10.1. The smallest absolute Gasteiger partial charge is 0.139 e. The molecule has 0 aromatic heterocycles. The van der Waals surface area contributed by atoms with Crippen molar-refractivity contribution >= 4 is 5.84 Å². The Hall–Kier alpha value is -0.810. The van der Waals surface area contributed by atoms with Crippen molar-refractivity contribution in [2.75, 3.05) is 27.7 Å². The Morgan fingerprint density at radius 2 is 1.93 bits per heavy atom. The highest BCUT2D eigenvalue weighted by Crippen LogP contribution is 2.34. The summed E-state index contributed by atoms with van der Waals surface area (Å²) < 4.78 is 0. The molecule has 0 aromatic carbocycles. The van der Waals surface area contributed by atoms with Crippen LogP contribution in [0.5, 0.6) is 0 Å². The normalized spacial score (nSPS) is 34.1. The molecule has 2 heterocycles. The maximum atomic E-state index is 4.45. The van der Waals surface area contributed by atoms with Crippen molar-refractivity contribution in [3.05, 3.63) is 0 Å². The van der Waals surface area contributed by atoms with Crippen LogP contribution in [-0.4, -0.2) is 59.3 Å². The zero-order chi connectivity index (χ0) is 11.2. The van der Waals surface area contributed by atoms with Crippen molar-refractivity contribution in [1.82, 2.24) is 20.1 Å².